The first-order chi connectivity index (χ1) is 15.4. The van der Waals surface area contributed by atoms with Crippen LogP contribution in [-0.2, 0) is 21.7 Å². The highest BCUT2D eigenvalue weighted by atomic mass is 14.3. The van der Waals surface area contributed by atoms with Crippen molar-refractivity contribution >= 4 is 0 Å². The van der Waals surface area contributed by atoms with E-state index in [-0.39, 0.29) is 21.7 Å². The van der Waals surface area contributed by atoms with E-state index in [1.54, 1.807) is 0 Å². The van der Waals surface area contributed by atoms with Gasteiger partial charge in [-0.05, 0) is 72.2 Å². The fraction of sp³-hybridized carbons (Fsp3) is 0.471. The zero-order valence-corrected chi connectivity index (χ0v) is 23.8. The van der Waals surface area contributed by atoms with E-state index in [9.17, 15) is 0 Å². The van der Waals surface area contributed by atoms with E-state index in [4.69, 9.17) is 0 Å². The van der Waals surface area contributed by atoms with Gasteiger partial charge in [-0.2, -0.15) is 0 Å². The fourth-order valence-electron chi connectivity index (χ4n) is 4.45. The van der Waals surface area contributed by atoms with Crippen LogP contribution in [0.1, 0.15) is 105 Å². The van der Waals surface area contributed by atoms with Crippen LogP contribution in [0.2, 0.25) is 0 Å². The molecule has 182 valence electrons. The highest BCUT2D eigenvalue weighted by Gasteiger charge is 2.24. The SMILES string of the molecule is CC(C)(C)c1ccc(-c2cc(-c3cc(C(C)(C)C)ccc3C(C)(C)C)cc(C(C)(C)C)c2)cc1. The van der Waals surface area contributed by atoms with Gasteiger partial charge in [0.25, 0.3) is 0 Å². The maximum absolute atomic E-state index is 2.44. The van der Waals surface area contributed by atoms with Crippen molar-refractivity contribution in [3.63, 3.8) is 0 Å². The average molecular weight is 455 g/mol. The van der Waals surface area contributed by atoms with Crippen LogP contribution in [0.5, 0.6) is 0 Å². The lowest BCUT2D eigenvalue weighted by atomic mass is 9.76. The highest BCUT2D eigenvalue weighted by Crippen LogP contribution is 2.40. The third kappa shape index (κ3) is 5.83. The van der Waals surface area contributed by atoms with Crippen LogP contribution >= 0.6 is 0 Å². The van der Waals surface area contributed by atoms with E-state index in [0.717, 1.165) is 0 Å². The second-order valence-electron chi connectivity index (χ2n) is 14.1. The van der Waals surface area contributed by atoms with E-state index < -0.39 is 0 Å². The summed E-state index contributed by atoms with van der Waals surface area (Å²) in [7, 11) is 0. The molecule has 0 nitrogen and oxygen atoms in total. The molecule has 0 bridgehead atoms. The Morgan fingerprint density at radius 3 is 1.29 bits per heavy atom. The Hall–Kier alpha value is -2.34. The van der Waals surface area contributed by atoms with Crippen LogP contribution < -0.4 is 0 Å². The molecule has 0 aliphatic heterocycles. The molecule has 0 heteroatoms. The van der Waals surface area contributed by atoms with Gasteiger partial charge in [0.15, 0.2) is 0 Å². The molecule has 0 amide bonds. The van der Waals surface area contributed by atoms with Crippen molar-refractivity contribution in [3.05, 3.63) is 82.9 Å². The second kappa shape index (κ2) is 8.71. The Morgan fingerprint density at radius 1 is 0.353 bits per heavy atom. The predicted molar refractivity (Wildman–Crippen MR) is 152 cm³/mol. The van der Waals surface area contributed by atoms with Crippen LogP contribution in [0.4, 0.5) is 0 Å². The van der Waals surface area contributed by atoms with Crippen LogP contribution in [0.15, 0.2) is 60.7 Å². The van der Waals surface area contributed by atoms with Crippen LogP contribution in [0, 0.1) is 0 Å². The molecule has 0 spiro atoms. The van der Waals surface area contributed by atoms with Crippen LogP contribution in [0.3, 0.4) is 0 Å². The molecular formula is C34H46. The number of hydrogen-bond donors (Lipinski definition) is 0. The Balaban J connectivity index is 2.29. The standard InChI is InChI=1S/C34H46/c1-31(2,3)26-15-13-23(14-16-26)24-19-25(21-28(20-24)33(7,8)9)29-22-27(32(4,5)6)17-18-30(29)34(10,11)12/h13-22H,1-12H3. The van der Waals surface area contributed by atoms with E-state index >= 15 is 0 Å². The first-order valence-electron chi connectivity index (χ1n) is 12.8. The molecule has 0 aliphatic rings. The predicted octanol–water partition coefficient (Wildman–Crippen LogP) is 10.2. The highest BCUT2D eigenvalue weighted by molar-refractivity contribution is 5.77. The Morgan fingerprint density at radius 2 is 0.824 bits per heavy atom. The zero-order valence-electron chi connectivity index (χ0n) is 23.8. The van der Waals surface area contributed by atoms with Gasteiger partial charge in [0.1, 0.15) is 0 Å². The summed E-state index contributed by atoms with van der Waals surface area (Å²) in [5.41, 5.74) is 11.2. The summed E-state index contributed by atoms with van der Waals surface area (Å²) in [6, 6.07) is 23.5. The van der Waals surface area contributed by atoms with Gasteiger partial charge < -0.3 is 0 Å². The van der Waals surface area contributed by atoms with Crippen molar-refractivity contribution in [2.45, 2.75) is 105 Å². The van der Waals surface area contributed by atoms with Gasteiger partial charge in [-0.1, -0.05) is 138 Å². The molecule has 0 unspecified atom stereocenters. The minimum atomic E-state index is 0.0675. The average Bonchev–Trinajstić information content (AvgIpc) is 2.70. The van der Waals surface area contributed by atoms with Gasteiger partial charge in [-0.3, -0.25) is 0 Å². The number of benzene rings is 3. The minimum absolute atomic E-state index is 0.0675. The van der Waals surface area contributed by atoms with Crippen molar-refractivity contribution in [2.75, 3.05) is 0 Å². The summed E-state index contributed by atoms with van der Waals surface area (Å²) in [5.74, 6) is 0. The van der Waals surface area contributed by atoms with Gasteiger partial charge in [0, 0.05) is 0 Å². The summed E-state index contributed by atoms with van der Waals surface area (Å²) in [4.78, 5) is 0. The zero-order chi connectivity index (χ0) is 25.7. The lowest BCUT2D eigenvalue weighted by Gasteiger charge is -2.28. The fourth-order valence-corrected chi connectivity index (χ4v) is 4.45. The number of hydrogen-bond acceptors (Lipinski definition) is 0. The van der Waals surface area contributed by atoms with Crippen molar-refractivity contribution in [3.8, 4) is 22.3 Å². The maximum Gasteiger partial charge on any atom is -0.0126 e. The molecule has 3 aromatic rings. The molecule has 3 aromatic carbocycles. The summed E-state index contributed by atoms with van der Waals surface area (Å²) in [5, 5.41) is 0. The molecule has 0 saturated heterocycles. The topological polar surface area (TPSA) is 0 Å². The largest absolute Gasteiger partial charge is 0.0582 e. The Labute approximate surface area is 209 Å². The maximum atomic E-state index is 2.44. The molecule has 34 heavy (non-hydrogen) atoms. The molecular weight excluding hydrogens is 408 g/mol. The third-order valence-electron chi connectivity index (χ3n) is 6.89. The first kappa shape index (κ1) is 26.3. The van der Waals surface area contributed by atoms with E-state index in [1.807, 2.05) is 0 Å². The first-order valence-corrected chi connectivity index (χ1v) is 12.8. The van der Waals surface area contributed by atoms with Crippen LogP contribution in [0.25, 0.3) is 22.3 Å². The molecule has 0 N–H and O–H groups in total. The summed E-state index contributed by atoms with van der Waals surface area (Å²) in [6.07, 6.45) is 0. The minimum Gasteiger partial charge on any atom is -0.0582 e. The smallest absolute Gasteiger partial charge is 0.0126 e. The Bertz CT molecular complexity index is 1150. The van der Waals surface area contributed by atoms with Crippen LogP contribution in [-0.4, -0.2) is 0 Å². The van der Waals surface area contributed by atoms with Gasteiger partial charge in [0.2, 0.25) is 0 Å². The Kier molecular flexibility index (Phi) is 6.73. The molecule has 0 atom stereocenters. The van der Waals surface area contributed by atoms with Gasteiger partial charge >= 0.3 is 0 Å². The second-order valence-corrected chi connectivity index (χ2v) is 14.1. The molecule has 0 radical (unpaired) electrons. The van der Waals surface area contributed by atoms with Crippen molar-refractivity contribution in [1.29, 1.82) is 0 Å². The summed E-state index contributed by atoms with van der Waals surface area (Å²) >= 11 is 0. The lowest BCUT2D eigenvalue weighted by Crippen LogP contribution is -2.17. The summed E-state index contributed by atoms with van der Waals surface area (Å²) < 4.78 is 0. The van der Waals surface area contributed by atoms with E-state index in [2.05, 4.69) is 144 Å². The van der Waals surface area contributed by atoms with Gasteiger partial charge in [-0.15, -0.1) is 0 Å². The van der Waals surface area contributed by atoms with Gasteiger partial charge in [0.05, 0.1) is 0 Å². The van der Waals surface area contributed by atoms with Gasteiger partial charge in [-0.25, -0.2) is 0 Å². The molecule has 0 aromatic heterocycles. The normalized spacial score (nSPS) is 13.3. The van der Waals surface area contributed by atoms with E-state index in [0.29, 0.717) is 0 Å². The third-order valence-corrected chi connectivity index (χ3v) is 6.89. The quantitative estimate of drug-likeness (QED) is 0.361. The molecule has 0 aliphatic carbocycles. The molecule has 3 rings (SSSR count). The summed E-state index contributed by atoms with van der Waals surface area (Å²) in [6.45, 7) is 27.6. The molecule has 0 heterocycles. The van der Waals surface area contributed by atoms with Crippen molar-refractivity contribution in [1.82, 2.24) is 0 Å². The van der Waals surface area contributed by atoms with Crippen molar-refractivity contribution < 1.29 is 0 Å². The van der Waals surface area contributed by atoms with Crippen molar-refractivity contribution in [2.24, 2.45) is 0 Å². The molecule has 0 fully saturated rings. The molecule has 0 saturated carbocycles. The lowest BCUT2D eigenvalue weighted by molar-refractivity contribution is 0.578. The van der Waals surface area contributed by atoms with E-state index in [1.165, 1.54) is 44.5 Å². The number of rotatable bonds is 2. The monoisotopic (exact) mass is 454 g/mol.